The maximum atomic E-state index is 12.4. The molecule has 1 unspecified atom stereocenters. The third-order valence-corrected chi connectivity index (χ3v) is 4.85. The molecule has 1 N–H and O–H groups in total. The van der Waals surface area contributed by atoms with Gasteiger partial charge in [0.1, 0.15) is 5.75 Å². The lowest BCUT2D eigenvalue weighted by Gasteiger charge is -2.25. The molecule has 132 valence electrons. The van der Waals surface area contributed by atoms with E-state index in [0.29, 0.717) is 28.9 Å². The molecule has 4 nitrogen and oxygen atoms in total. The summed E-state index contributed by atoms with van der Waals surface area (Å²) < 4.78 is 5.23. The summed E-state index contributed by atoms with van der Waals surface area (Å²) >= 11 is 5.99. The van der Waals surface area contributed by atoms with Crippen molar-refractivity contribution in [2.24, 2.45) is 0 Å². The molecule has 0 radical (unpaired) electrons. The number of fused-ring (bicyclic) bond motifs is 1. The number of anilines is 1. The van der Waals surface area contributed by atoms with Gasteiger partial charge in [-0.3, -0.25) is 4.79 Å². The Balaban J connectivity index is 1.54. The lowest BCUT2D eigenvalue weighted by molar-refractivity contribution is 0.0950. The molecule has 25 heavy (non-hydrogen) atoms. The number of ether oxygens (including phenoxy) is 1. The zero-order valence-corrected chi connectivity index (χ0v) is 15.3. The van der Waals surface area contributed by atoms with Gasteiger partial charge in [-0.25, -0.2) is 0 Å². The lowest BCUT2D eigenvalue weighted by atomic mass is 10.1. The molecule has 0 aromatic heterocycles. The average molecular weight is 359 g/mol. The molecular formula is C20H23ClN2O2. The van der Waals surface area contributed by atoms with Crippen LogP contribution >= 0.6 is 11.6 Å². The normalized spacial score (nSPS) is 15.8. The van der Waals surface area contributed by atoms with Crippen LogP contribution in [0.15, 0.2) is 42.5 Å². The summed E-state index contributed by atoms with van der Waals surface area (Å²) in [5.41, 5.74) is 3.19. The summed E-state index contributed by atoms with van der Waals surface area (Å²) in [5, 5.41) is 3.48. The van der Waals surface area contributed by atoms with Crippen molar-refractivity contribution in [2.45, 2.75) is 25.8 Å². The van der Waals surface area contributed by atoms with Crippen LogP contribution in [0.2, 0.25) is 5.02 Å². The minimum absolute atomic E-state index is 0.158. The molecule has 3 rings (SSSR count). The van der Waals surface area contributed by atoms with E-state index in [-0.39, 0.29) is 5.91 Å². The summed E-state index contributed by atoms with van der Waals surface area (Å²) in [4.78, 5) is 14.8. The molecule has 1 aliphatic heterocycles. The van der Waals surface area contributed by atoms with Gasteiger partial charge in [-0.1, -0.05) is 29.8 Å². The third kappa shape index (κ3) is 3.90. The molecule has 2 aromatic carbocycles. The van der Waals surface area contributed by atoms with Crippen molar-refractivity contribution < 1.29 is 9.53 Å². The molecule has 1 aliphatic rings. The van der Waals surface area contributed by atoms with Crippen LogP contribution in [0.1, 0.15) is 29.3 Å². The van der Waals surface area contributed by atoms with Crippen LogP contribution in [0.5, 0.6) is 5.75 Å². The van der Waals surface area contributed by atoms with Crippen LogP contribution in [-0.4, -0.2) is 32.1 Å². The molecule has 1 heterocycles. The van der Waals surface area contributed by atoms with Crippen LogP contribution in [0.25, 0.3) is 0 Å². The highest BCUT2D eigenvalue weighted by molar-refractivity contribution is 6.31. The number of nitrogens with one attached hydrogen (secondary N) is 1. The van der Waals surface area contributed by atoms with Gasteiger partial charge in [0.05, 0.1) is 12.7 Å². The molecule has 0 saturated heterocycles. The number of methoxy groups -OCH3 is 1. The van der Waals surface area contributed by atoms with Gasteiger partial charge in [-0.2, -0.15) is 0 Å². The number of benzene rings is 2. The van der Waals surface area contributed by atoms with E-state index in [1.54, 1.807) is 25.3 Å². The van der Waals surface area contributed by atoms with Gasteiger partial charge in [0.15, 0.2) is 0 Å². The summed E-state index contributed by atoms with van der Waals surface area (Å²) in [7, 11) is 1.55. The standard InChI is InChI=1S/C20H23ClN2O2/c1-14-12-15-6-3-4-7-18(15)23(14)11-5-10-22-20(24)17-13-16(21)8-9-19(17)25-2/h3-4,6-9,13-14H,5,10-12H2,1-2H3,(H,22,24). The summed E-state index contributed by atoms with van der Waals surface area (Å²) in [6.45, 7) is 3.78. The highest BCUT2D eigenvalue weighted by Crippen LogP contribution is 2.31. The number of carbonyl (C=O) groups excluding carboxylic acids is 1. The Morgan fingerprint density at radius 3 is 2.92 bits per heavy atom. The maximum Gasteiger partial charge on any atom is 0.255 e. The molecule has 0 bridgehead atoms. The number of nitrogens with zero attached hydrogens (tertiary/aromatic N) is 1. The Morgan fingerprint density at radius 2 is 2.12 bits per heavy atom. The maximum absolute atomic E-state index is 12.4. The van der Waals surface area contributed by atoms with E-state index in [1.165, 1.54) is 11.3 Å². The van der Waals surface area contributed by atoms with E-state index in [4.69, 9.17) is 16.3 Å². The number of carbonyl (C=O) groups is 1. The van der Waals surface area contributed by atoms with Crippen molar-refractivity contribution in [1.29, 1.82) is 0 Å². The second kappa shape index (κ2) is 7.79. The number of hydrogen-bond acceptors (Lipinski definition) is 3. The van der Waals surface area contributed by atoms with E-state index >= 15 is 0 Å². The van der Waals surface area contributed by atoms with Gasteiger partial charge in [0.2, 0.25) is 0 Å². The van der Waals surface area contributed by atoms with Crippen molar-refractivity contribution in [3.8, 4) is 5.75 Å². The fourth-order valence-corrected chi connectivity index (χ4v) is 3.55. The predicted molar refractivity (Wildman–Crippen MR) is 102 cm³/mol. The quantitative estimate of drug-likeness (QED) is 0.796. The molecule has 0 aliphatic carbocycles. The first-order valence-corrected chi connectivity index (χ1v) is 8.94. The number of halogens is 1. The molecule has 0 saturated carbocycles. The number of hydrogen-bond donors (Lipinski definition) is 1. The summed E-state index contributed by atoms with van der Waals surface area (Å²) in [5.74, 6) is 0.373. The van der Waals surface area contributed by atoms with Crippen LogP contribution in [0.4, 0.5) is 5.69 Å². The van der Waals surface area contributed by atoms with E-state index < -0.39 is 0 Å². The third-order valence-electron chi connectivity index (χ3n) is 4.62. The molecule has 2 aromatic rings. The zero-order chi connectivity index (χ0) is 17.8. The number of rotatable bonds is 6. The summed E-state index contributed by atoms with van der Waals surface area (Å²) in [6.07, 6.45) is 1.97. The fraction of sp³-hybridized carbons (Fsp3) is 0.350. The van der Waals surface area contributed by atoms with Crippen molar-refractivity contribution in [3.63, 3.8) is 0 Å². The topological polar surface area (TPSA) is 41.6 Å². The zero-order valence-electron chi connectivity index (χ0n) is 14.6. The van der Waals surface area contributed by atoms with Crippen molar-refractivity contribution in [1.82, 2.24) is 5.32 Å². The largest absolute Gasteiger partial charge is 0.496 e. The lowest BCUT2D eigenvalue weighted by Crippen LogP contribution is -2.33. The Morgan fingerprint density at radius 1 is 1.32 bits per heavy atom. The van der Waals surface area contributed by atoms with Gasteiger partial charge in [-0.15, -0.1) is 0 Å². The molecule has 1 atom stereocenters. The first kappa shape index (κ1) is 17.6. The predicted octanol–water partition coefficient (Wildman–Crippen LogP) is 3.92. The first-order valence-electron chi connectivity index (χ1n) is 8.56. The Labute approximate surface area is 153 Å². The Bertz CT molecular complexity index is 763. The Kier molecular flexibility index (Phi) is 5.49. The SMILES string of the molecule is COc1ccc(Cl)cc1C(=O)NCCCN1c2ccccc2CC1C. The molecule has 5 heteroatoms. The monoisotopic (exact) mass is 358 g/mol. The van der Waals surface area contributed by atoms with Crippen molar-refractivity contribution in [3.05, 3.63) is 58.6 Å². The van der Waals surface area contributed by atoms with Crippen LogP contribution in [0, 0.1) is 0 Å². The second-order valence-corrected chi connectivity index (χ2v) is 6.77. The van der Waals surface area contributed by atoms with E-state index in [0.717, 1.165) is 19.4 Å². The van der Waals surface area contributed by atoms with E-state index in [2.05, 4.69) is 41.4 Å². The molecule has 0 spiro atoms. The van der Waals surface area contributed by atoms with Crippen LogP contribution in [0.3, 0.4) is 0 Å². The van der Waals surface area contributed by atoms with Gasteiger partial charge >= 0.3 is 0 Å². The first-order chi connectivity index (χ1) is 12.1. The van der Waals surface area contributed by atoms with Gasteiger partial charge in [-0.05, 0) is 49.6 Å². The number of para-hydroxylation sites is 1. The number of amides is 1. The minimum atomic E-state index is -0.158. The van der Waals surface area contributed by atoms with Crippen LogP contribution < -0.4 is 15.0 Å². The minimum Gasteiger partial charge on any atom is -0.496 e. The second-order valence-electron chi connectivity index (χ2n) is 6.33. The van der Waals surface area contributed by atoms with Crippen LogP contribution in [-0.2, 0) is 6.42 Å². The molecule has 0 fully saturated rings. The highest BCUT2D eigenvalue weighted by atomic mass is 35.5. The van der Waals surface area contributed by atoms with Gasteiger partial charge in [0, 0.05) is 29.8 Å². The Hall–Kier alpha value is -2.20. The molecule has 1 amide bonds. The van der Waals surface area contributed by atoms with Crippen molar-refractivity contribution >= 4 is 23.2 Å². The molecular weight excluding hydrogens is 336 g/mol. The smallest absolute Gasteiger partial charge is 0.255 e. The van der Waals surface area contributed by atoms with Crippen molar-refractivity contribution in [2.75, 3.05) is 25.1 Å². The van der Waals surface area contributed by atoms with E-state index in [9.17, 15) is 4.79 Å². The summed E-state index contributed by atoms with van der Waals surface area (Å²) in [6, 6.07) is 14.1. The fourth-order valence-electron chi connectivity index (χ4n) is 3.37. The average Bonchev–Trinajstić information content (AvgIpc) is 2.93. The van der Waals surface area contributed by atoms with Gasteiger partial charge < -0.3 is 15.0 Å². The van der Waals surface area contributed by atoms with E-state index in [1.807, 2.05) is 0 Å². The van der Waals surface area contributed by atoms with Gasteiger partial charge in [0.25, 0.3) is 5.91 Å². The highest BCUT2D eigenvalue weighted by Gasteiger charge is 2.24.